The maximum absolute atomic E-state index is 13.0. The van der Waals surface area contributed by atoms with E-state index in [4.69, 9.17) is 0 Å². The zero-order chi connectivity index (χ0) is 18.3. The van der Waals surface area contributed by atoms with Crippen LogP contribution in [0.2, 0.25) is 0 Å². The van der Waals surface area contributed by atoms with E-state index in [0.29, 0.717) is 17.8 Å². The SMILES string of the molecule is O=C(C1CC1)N1CCc2ccc(NS(=O)(=O)Cc3ccc(F)cc3)cc21. The number of benzene rings is 2. The number of fused-ring (bicyclic) bond motifs is 1. The van der Waals surface area contributed by atoms with Gasteiger partial charge in [-0.15, -0.1) is 0 Å². The molecule has 0 unspecified atom stereocenters. The monoisotopic (exact) mass is 374 g/mol. The van der Waals surface area contributed by atoms with Gasteiger partial charge in [0.15, 0.2) is 0 Å². The Bertz CT molecular complexity index is 953. The topological polar surface area (TPSA) is 66.5 Å². The highest BCUT2D eigenvalue weighted by Crippen LogP contribution is 2.37. The first kappa shape index (κ1) is 17.0. The Balaban J connectivity index is 1.52. The molecule has 0 atom stereocenters. The lowest BCUT2D eigenvalue weighted by Gasteiger charge is -2.18. The molecule has 0 radical (unpaired) electrons. The van der Waals surface area contributed by atoms with E-state index in [1.54, 1.807) is 17.0 Å². The number of nitrogens with zero attached hydrogens (tertiary/aromatic N) is 1. The molecule has 1 N–H and O–H groups in total. The standard InChI is InChI=1S/C19H19FN2O3S/c20-16-6-1-13(2-7-16)12-26(24,25)21-17-8-5-14-9-10-22(18(14)11-17)19(23)15-3-4-15/h1-2,5-8,11,15,21H,3-4,9-10,12H2. The second-order valence-electron chi connectivity index (χ2n) is 6.85. The number of sulfonamides is 1. The smallest absolute Gasteiger partial charge is 0.236 e. The highest BCUT2D eigenvalue weighted by Gasteiger charge is 2.36. The van der Waals surface area contributed by atoms with E-state index < -0.39 is 15.8 Å². The zero-order valence-electron chi connectivity index (χ0n) is 14.1. The first-order valence-electron chi connectivity index (χ1n) is 8.60. The van der Waals surface area contributed by atoms with Crippen LogP contribution in [0, 0.1) is 11.7 Å². The molecule has 1 amide bonds. The molecule has 136 valence electrons. The van der Waals surface area contributed by atoms with Crippen LogP contribution in [-0.4, -0.2) is 20.9 Å². The number of carbonyl (C=O) groups is 1. The molecule has 1 fully saturated rings. The van der Waals surface area contributed by atoms with E-state index in [1.165, 1.54) is 24.3 Å². The highest BCUT2D eigenvalue weighted by molar-refractivity contribution is 7.91. The number of hydrogen-bond donors (Lipinski definition) is 1. The molecular formula is C19H19FN2O3S. The summed E-state index contributed by atoms with van der Waals surface area (Å²) in [7, 11) is -3.64. The van der Waals surface area contributed by atoms with E-state index in [1.807, 2.05) is 6.07 Å². The van der Waals surface area contributed by atoms with Crippen molar-refractivity contribution >= 4 is 27.3 Å². The van der Waals surface area contributed by atoms with Crippen LogP contribution in [-0.2, 0) is 27.0 Å². The predicted octanol–water partition coefficient (Wildman–Crippen LogP) is 3.07. The number of hydrogen-bond acceptors (Lipinski definition) is 3. The van der Waals surface area contributed by atoms with Crippen molar-refractivity contribution in [1.82, 2.24) is 0 Å². The molecule has 4 rings (SSSR count). The van der Waals surface area contributed by atoms with E-state index in [-0.39, 0.29) is 17.6 Å². The van der Waals surface area contributed by atoms with Crippen LogP contribution in [0.1, 0.15) is 24.0 Å². The molecule has 0 spiro atoms. The Morgan fingerprint density at radius 1 is 1.15 bits per heavy atom. The average Bonchev–Trinajstić information content (AvgIpc) is 3.36. The number of amides is 1. The lowest BCUT2D eigenvalue weighted by molar-refractivity contribution is -0.119. The molecule has 1 aliphatic heterocycles. The Hall–Kier alpha value is -2.41. The summed E-state index contributed by atoms with van der Waals surface area (Å²) in [5, 5.41) is 0. The number of anilines is 2. The first-order chi connectivity index (χ1) is 12.4. The third-order valence-electron chi connectivity index (χ3n) is 4.72. The minimum absolute atomic E-state index is 0.125. The summed E-state index contributed by atoms with van der Waals surface area (Å²) >= 11 is 0. The number of carbonyl (C=O) groups excluding carboxylic acids is 1. The minimum atomic E-state index is -3.64. The average molecular weight is 374 g/mol. The Morgan fingerprint density at radius 3 is 2.58 bits per heavy atom. The molecule has 1 saturated carbocycles. The Labute approximate surface area is 151 Å². The first-order valence-corrected chi connectivity index (χ1v) is 10.3. The van der Waals surface area contributed by atoms with Gasteiger partial charge in [-0.3, -0.25) is 9.52 Å². The van der Waals surface area contributed by atoms with Crippen LogP contribution in [0.25, 0.3) is 0 Å². The van der Waals surface area contributed by atoms with Gasteiger partial charge in [0.05, 0.1) is 11.4 Å². The Kier molecular flexibility index (Phi) is 4.19. The summed E-state index contributed by atoms with van der Waals surface area (Å²) < 4.78 is 40.3. The van der Waals surface area contributed by atoms with Crippen molar-refractivity contribution < 1.29 is 17.6 Å². The summed E-state index contributed by atoms with van der Waals surface area (Å²) in [6.07, 6.45) is 2.67. The van der Waals surface area contributed by atoms with Crippen LogP contribution in [0.4, 0.5) is 15.8 Å². The molecule has 2 aromatic rings. The van der Waals surface area contributed by atoms with Gasteiger partial charge in [0.1, 0.15) is 5.82 Å². The van der Waals surface area contributed by atoms with Gasteiger partial charge in [-0.05, 0) is 54.7 Å². The van der Waals surface area contributed by atoms with E-state index in [0.717, 1.165) is 30.5 Å². The van der Waals surface area contributed by atoms with Crippen molar-refractivity contribution in [3.63, 3.8) is 0 Å². The van der Waals surface area contributed by atoms with Crippen molar-refractivity contribution in [3.05, 3.63) is 59.4 Å². The molecule has 0 aromatic heterocycles. The number of halogens is 1. The molecule has 5 nitrogen and oxygen atoms in total. The highest BCUT2D eigenvalue weighted by atomic mass is 32.2. The molecule has 26 heavy (non-hydrogen) atoms. The van der Waals surface area contributed by atoms with Crippen molar-refractivity contribution in [3.8, 4) is 0 Å². The minimum Gasteiger partial charge on any atom is -0.312 e. The Morgan fingerprint density at radius 2 is 1.88 bits per heavy atom. The fraction of sp³-hybridized carbons (Fsp3) is 0.316. The van der Waals surface area contributed by atoms with E-state index in [9.17, 15) is 17.6 Å². The molecule has 0 bridgehead atoms. The van der Waals surface area contributed by atoms with Gasteiger partial charge in [-0.25, -0.2) is 12.8 Å². The second kappa shape index (κ2) is 6.39. The van der Waals surface area contributed by atoms with Crippen LogP contribution < -0.4 is 9.62 Å². The molecule has 0 saturated heterocycles. The molecule has 1 heterocycles. The van der Waals surface area contributed by atoms with Crippen molar-refractivity contribution in [2.24, 2.45) is 5.92 Å². The summed E-state index contributed by atoms with van der Waals surface area (Å²) in [5.41, 5.74) is 2.79. The zero-order valence-corrected chi connectivity index (χ0v) is 14.9. The third-order valence-corrected chi connectivity index (χ3v) is 5.98. The molecular weight excluding hydrogens is 355 g/mol. The third kappa shape index (κ3) is 3.58. The van der Waals surface area contributed by atoms with Crippen LogP contribution in [0.15, 0.2) is 42.5 Å². The quantitative estimate of drug-likeness (QED) is 0.875. The lowest BCUT2D eigenvalue weighted by atomic mass is 10.1. The van der Waals surface area contributed by atoms with Gasteiger partial charge >= 0.3 is 0 Å². The summed E-state index contributed by atoms with van der Waals surface area (Å²) in [6, 6.07) is 10.7. The molecule has 1 aliphatic carbocycles. The normalized spacial score (nSPS) is 16.4. The van der Waals surface area contributed by atoms with E-state index in [2.05, 4.69) is 4.72 Å². The van der Waals surface area contributed by atoms with Crippen molar-refractivity contribution in [2.75, 3.05) is 16.2 Å². The fourth-order valence-electron chi connectivity index (χ4n) is 3.24. The van der Waals surface area contributed by atoms with Crippen molar-refractivity contribution in [2.45, 2.75) is 25.0 Å². The molecule has 2 aliphatic rings. The van der Waals surface area contributed by atoms with Crippen LogP contribution >= 0.6 is 0 Å². The fourth-order valence-corrected chi connectivity index (χ4v) is 4.43. The summed E-state index contributed by atoms with van der Waals surface area (Å²) in [5.74, 6) is -0.386. The maximum Gasteiger partial charge on any atom is 0.236 e. The van der Waals surface area contributed by atoms with Gasteiger partial charge in [0.2, 0.25) is 15.9 Å². The maximum atomic E-state index is 13.0. The van der Waals surface area contributed by atoms with Gasteiger partial charge in [0.25, 0.3) is 0 Å². The van der Waals surface area contributed by atoms with Crippen LogP contribution in [0.3, 0.4) is 0 Å². The number of nitrogens with one attached hydrogen (secondary N) is 1. The predicted molar refractivity (Wildman–Crippen MR) is 97.9 cm³/mol. The molecule has 7 heteroatoms. The summed E-state index contributed by atoms with van der Waals surface area (Å²) in [6.45, 7) is 0.649. The molecule has 2 aromatic carbocycles. The lowest BCUT2D eigenvalue weighted by Crippen LogP contribution is -2.30. The van der Waals surface area contributed by atoms with Crippen LogP contribution in [0.5, 0.6) is 0 Å². The second-order valence-corrected chi connectivity index (χ2v) is 8.57. The number of rotatable bonds is 5. The van der Waals surface area contributed by atoms with E-state index >= 15 is 0 Å². The van der Waals surface area contributed by atoms with Gasteiger partial charge < -0.3 is 4.90 Å². The van der Waals surface area contributed by atoms with Gasteiger partial charge in [-0.2, -0.15) is 0 Å². The largest absolute Gasteiger partial charge is 0.312 e. The van der Waals surface area contributed by atoms with Crippen molar-refractivity contribution in [1.29, 1.82) is 0 Å². The van der Waals surface area contributed by atoms with Gasteiger partial charge in [0, 0.05) is 18.2 Å². The van der Waals surface area contributed by atoms with Gasteiger partial charge in [-0.1, -0.05) is 18.2 Å². The summed E-state index contributed by atoms with van der Waals surface area (Å²) in [4.78, 5) is 14.2.